The van der Waals surface area contributed by atoms with E-state index in [1.54, 1.807) is 6.20 Å². The zero-order chi connectivity index (χ0) is 8.81. The molecule has 0 saturated heterocycles. The second-order valence-electron chi connectivity index (χ2n) is 2.15. The number of rotatable bonds is 4. The van der Waals surface area contributed by atoms with Crippen LogP contribution < -0.4 is 4.74 Å². The molecule has 0 aromatic carbocycles. The quantitative estimate of drug-likeness (QED) is 0.615. The first kappa shape index (κ1) is 8.64. The molecule has 0 aliphatic rings. The third-order valence-corrected chi connectivity index (χ3v) is 1.27. The van der Waals surface area contributed by atoms with Crippen LogP contribution in [0.4, 0.5) is 0 Å². The third-order valence-electron chi connectivity index (χ3n) is 1.27. The van der Waals surface area contributed by atoms with Gasteiger partial charge in [0.1, 0.15) is 6.29 Å². The fraction of sp³-hybridized carbons (Fsp3) is 0.375. The molecule has 0 saturated carbocycles. The van der Waals surface area contributed by atoms with E-state index in [1.807, 2.05) is 6.92 Å². The molecule has 64 valence electrons. The highest BCUT2D eigenvalue weighted by Gasteiger charge is 1.95. The molecule has 1 aromatic heterocycles. The highest BCUT2D eigenvalue weighted by atomic mass is 16.5. The van der Waals surface area contributed by atoms with Crippen molar-refractivity contribution in [1.82, 2.24) is 9.97 Å². The molecule has 0 spiro atoms. The van der Waals surface area contributed by atoms with E-state index in [2.05, 4.69) is 9.97 Å². The first-order chi connectivity index (χ1) is 5.86. The Balaban J connectivity index is 2.64. The number of nitrogens with zero attached hydrogens (tertiary/aromatic N) is 2. The number of aldehydes is 1. The fourth-order valence-corrected chi connectivity index (χ4v) is 0.756. The summed E-state index contributed by atoms with van der Waals surface area (Å²) in [6, 6.07) is 0. The van der Waals surface area contributed by atoms with Gasteiger partial charge >= 0.3 is 0 Å². The average molecular weight is 166 g/mol. The highest BCUT2D eigenvalue weighted by molar-refractivity contribution is 5.53. The topological polar surface area (TPSA) is 52.1 Å². The second-order valence-corrected chi connectivity index (χ2v) is 2.15. The van der Waals surface area contributed by atoms with E-state index in [9.17, 15) is 4.79 Å². The Hall–Kier alpha value is -1.45. The smallest absolute Gasteiger partial charge is 0.232 e. The van der Waals surface area contributed by atoms with Gasteiger partial charge in [0, 0.05) is 6.42 Å². The SMILES string of the molecule is CCOc1cnc(CC=O)cn1. The maximum atomic E-state index is 10.1. The van der Waals surface area contributed by atoms with Gasteiger partial charge < -0.3 is 9.53 Å². The molecule has 0 amide bonds. The van der Waals surface area contributed by atoms with Gasteiger partial charge in [-0.05, 0) is 6.92 Å². The van der Waals surface area contributed by atoms with Crippen LogP contribution in [0.3, 0.4) is 0 Å². The van der Waals surface area contributed by atoms with Gasteiger partial charge in [0.05, 0.1) is 24.7 Å². The van der Waals surface area contributed by atoms with Crippen LogP contribution in [-0.4, -0.2) is 22.9 Å². The minimum absolute atomic E-state index is 0.305. The summed E-state index contributed by atoms with van der Waals surface area (Å²) < 4.78 is 5.08. The van der Waals surface area contributed by atoms with E-state index < -0.39 is 0 Å². The lowest BCUT2D eigenvalue weighted by molar-refractivity contribution is -0.107. The number of hydrogen-bond donors (Lipinski definition) is 0. The van der Waals surface area contributed by atoms with Crippen LogP contribution in [0.25, 0.3) is 0 Å². The molecular formula is C8H10N2O2. The molecule has 4 nitrogen and oxygen atoms in total. The molecule has 1 heterocycles. The number of carbonyl (C=O) groups is 1. The van der Waals surface area contributed by atoms with Crippen LogP contribution in [-0.2, 0) is 11.2 Å². The third kappa shape index (κ3) is 2.30. The van der Waals surface area contributed by atoms with E-state index in [0.717, 1.165) is 6.29 Å². The van der Waals surface area contributed by atoms with Crippen molar-refractivity contribution in [2.75, 3.05) is 6.61 Å². The molecule has 0 bridgehead atoms. The molecular weight excluding hydrogens is 156 g/mol. The van der Waals surface area contributed by atoms with Crippen LogP contribution in [0.5, 0.6) is 5.88 Å². The summed E-state index contributed by atoms with van der Waals surface area (Å²) in [6.07, 6.45) is 4.16. The number of carbonyl (C=O) groups excluding carboxylic acids is 1. The van der Waals surface area contributed by atoms with Gasteiger partial charge in [-0.25, -0.2) is 4.98 Å². The summed E-state index contributed by atoms with van der Waals surface area (Å²) >= 11 is 0. The molecule has 0 fully saturated rings. The van der Waals surface area contributed by atoms with Crippen molar-refractivity contribution in [3.63, 3.8) is 0 Å². The Morgan fingerprint density at radius 3 is 2.83 bits per heavy atom. The molecule has 0 atom stereocenters. The summed E-state index contributed by atoms with van der Waals surface area (Å²) in [5.41, 5.74) is 0.661. The van der Waals surface area contributed by atoms with Crippen LogP contribution in [0.1, 0.15) is 12.6 Å². The summed E-state index contributed by atoms with van der Waals surface area (Å²) in [4.78, 5) is 18.0. The van der Waals surface area contributed by atoms with Crippen LogP contribution in [0.2, 0.25) is 0 Å². The zero-order valence-corrected chi connectivity index (χ0v) is 6.86. The molecule has 1 aromatic rings. The highest BCUT2D eigenvalue weighted by Crippen LogP contribution is 2.03. The van der Waals surface area contributed by atoms with Crippen molar-refractivity contribution in [2.24, 2.45) is 0 Å². The Bertz CT molecular complexity index is 246. The lowest BCUT2D eigenvalue weighted by atomic mass is 10.3. The minimum Gasteiger partial charge on any atom is -0.477 e. The van der Waals surface area contributed by atoms with Gasteiger partial charge in [-0.2, -0.15) is 0 Å². The lowest BCUT2D eigenvalue weighted by Gasteiger charge is -2.00. The van der Waals surface area contributed by atoms with Gasteiger partial charge in [-0.1, -0.05) is 0 Å². The largest absolute Gasteiger partial charge is 0.477 e. The standard InChI is InChI=1S/C8H10N2O2/c1-2-12-8-6-9-7(3-4-11)5-10-8/h4-6H,2-3H2,1H3. The first-order valence-corrected chi connectivity index (χ1v) is 3.74. The normalized spacial score (nSPS) is 9.42. The maximum absolute atomic E-state index is 10.1. The average Bonchev–Trinajstić information content (AvgIpc) is 2.09. The van der Waals surface area contributed by atoms with Crippen LogP contribution >= 0.6 is 0 Å². The molecule has 0 radical (unpaired) electrons. The maximum Gasteiger partial charge on any atom is 0.232 e. The van der Waals surface area contributed by atoms with Gasteiger partial charge in [-0.15, -0.1) is 0 Å². The summed E-state index contributed by atoms with van der Waals surface area (Å²) in [6.45, 7) is 2.45. The molecule has 4 heteroatoms. The van der Waals surface area contributed by atoms with Crippen molar-refractivity contribution in [2.45, 2.75) is 13.3 Å². The van der Waals surface area contributed by atoms with E-state index in [1.165, 1.54) is 6.20 Å². The van der Waals surface area contributed by atoms with Crippen molar-refractivity contribution in [3.05, 3.63) is 18.1 Å². The zero-order valence-electron chi connectivity index (χ0n) is 6.86. The van der Waals surface area contributed by atoms with Gasteiger partial charge in [0.15, 0.2) is 0 Å². The molecule has 0 N–H and O–H groups in total. The summed E-state index contributed by atoms with van der Waals surface area (Å²) in [5.74, 6) is 0.493. The van der Waals surface area contributed by atoms with E-state index in [0.29, 0.717) is 24.6 Å². The summed E-state index contributed by atoms with van der Waals surface area (Å²) in [7, 11) is 0. The fourth-order valence-electron chi connectivity index (χ4n) is 0.756. The van der Waals surface area contributed by atoms with Gasteiger partial charge in [0.2, 0.25) is 5.88 Å². The summed E-state index contributed by atoms with van der Waals surface area (Å²) in [5, 5.41) is 0. The van der Waals surface area contributed by atoms with Crippen molar-refractivity contribution >= 4 is 6.29 Å². The number of ether oxygens (including phenoxy) is 1. The monoisotopic (exact) mass is 166 g/mol. The molecule has 12 heavy (non-hydrogen) atoms. The molecule has 0 unspecified atom stereocenters. The Labute approximate surface area is 70.6 Å². The van der Waals surface area contributed by atoms with Gasteiger partial charge in [0.25, 0.3) is 0 Å². The lowest BCUT2D eigenvalue weighted by Crippen LogP contribution is -1.97. The number of hydrogen-bond acceptors (Lipinski definition) is 4. The van der Waals surface area contributed by atoms with E-state index >= 15 is 0 Å². The number of aromatic nitrogens is 2. The van der Waals surface area contributed by atoms with E-state index in [-0.39, 0.29) is 0 Å². The second kappa shape index (κ2) is 4.43. The Morgan fingerprint density at radius 1 is 1.50 bits per heavy atom. The molecule has 1 rings (SSSR count). The minimum atomic E-state index is 0.305. The van der Waals surface area contributed by atoms with Crippen molar-refractivity contribution in [3.8, 4) is 5.88 Å². The Morgan fingerprint density at radius 2 is 2.33 bits per heavy atom. The van der Waals surface area contributed by atoms with Crippen LogP contribution in [0.15, 0.2) is 12.4 Å². The molecule has 0 aliphatic carbocycles. The Kier molecular flexibility index (Phi) is 3.19. The van der Waals surface area contributed by atoms with Crippen LogP contribution in [0, 0.1) is 0 Å². The predicted octanol–water partition coefficient (Wildman–Crippen LogP) is 0.617. The van der Waals surface area contributed by atoms with Gasteiger partial charge in [-0.3, -0.25) is 4.98 Å². The first-order valence-electron chi connectivity index (χ1n) is 3.74. The molecule has 0 aliphatic heterocycles. The van der Waals surface area contributed by atoms with E-state index in [4.69, 9.17) is 4.74 Å². The predicted molar refractivity (Wildman–Crippen MR) is 43.0 cm³/mol. The van der Waals surface area contributed by atoms with Crippen molar-refractivity contribution in [1.29, 1.82) is 0 Å². The van der Waals surface area contributed by atoms with Crippen molar-refractivity contribution < 1.29 is 9.53 Å².